The van der Waals surface area contributed by atoms with Crippen LogP contribution < -0.4 is 5.43 Å². The molecule has 0 bridgehead atoms. The minimum atomic E-state index is -0.290. The van der Waals surface area contributed by atoms with E-state index in [9.17, 15) is 9.18 Å². The van der Waals surface area contributed by atoms with Crippen LogP contribution in [0.1, 0.15) is 17.3 Å². The number of nitrogens with one attached hydrogen (secondary N) is 1. The molecule has 5 nitrogen and oxygen atoms in total. The molecule has 1 N–H and O–H groups in total. The van der Waals surface area contributed by atoms with Gasteiger partial charge in [-0.3, -0.25) is 9.78 Å². The number of aliphatic imine (C=N–C) groups is 1. The van der Waals surface area contributed by atoms with Crippen molar-refractivity contribution in [1.29, 1.82) is 0 Å². The third-order valence-corrected chi connectivity index (χ3v) is 4.99. The van der Waals surface area contributed by atoms with Crippen LogP contribution in [0.3, 0.4) is 0 Å². The molecule has 2 aromatic rings. The molecular weight excluding hydrogens is 327 g/mol. The summed E-state index contributed by atoms with van der Waals surface area (Å²) >= 11 is 1.43. The molecule has 120 valence electrons. The lowest BCUT2D eigenvalue weighted by molar-refractivity contribution is -0.115. The Morgan fingerprint density at radius 2 is 2.00 bits per heavy atom. The van der Waals surface area contributed by atoms with Gasteiger partial charge in [-0.1, -0.05) is 30.0 Å². The summed E-state index contributed by atoms with van der Waals surface area (Å²) in [6, 6.07) is 11.7. The van der Waals surface area contributed by atoms with Crippen molar-refractivity contribution in [3.63, 3.8) is 0 Å². The standard InChI is InChI=1S/C17H13FN4OS/c18-11-6-4-10(5-7-11)15-14(17-20-13(23)9-24-17)16(22-21-15)12-3-1-2-8-19-12/h1-8,14-15,21H,9H2. The molecule has 0 radical (unpaired) electrons. The molecule has 3 heterocycles. The van der Waals surface area contributed by atoms with Crippen LogP contribution in [-0.4, -0.2) is 27.4 Å². The fraction of sp³-hybridized carbons (Fsp3) is 0.176. The lowest BCUT2D eigenvalue weighted by atomic mass is 9.90. The van der Waals surface area contributed by atoms with Gasteiger partial charge < -0.3 is 5.43 Å². The molecule has 24 heavy (non-hydrogen) atoms. The van der Waals surface area contributed by atoms with Gasteiger partial charge in [-0.05, 0) is 29.8 Å². The van der Waals surface area contributed by atoms with Gasteiger partial charge in [-0.25, -0.2) is 9.38 Å². The third kappa shape index (κ3) is 2.71. The largest absolute Gasteiger partial charge is 0.301 e. The second-order valence-electron chi connectivity index (χ2n) is 5.48. The summed E-state index contributed by atoms with van der Waals surface area (Å²) in [5, 5.41) is 5.17. The van der Waals surface area contributed by atoms with Gasteiger partial charge in [0.1, 0.15) is 5.82 Å². The molecule has 0 saturated carbocycles. The first-order valence-electron chi connectivity index (χ1n) is 7.46. The molecule has 1 aromatic carbocycles. The maximum atomic E-state index is 13.2. The predicted octanol–water partition coefficient (Wildman–Crippen LogP) is 2.56. The summed E-state index contributed by atoms with van der Waals surface area (Å²) in [5.41, 5.74) is 5.47. The molecule has 0 aliphatic carbocycles. The van der Waals surface area contributed by atoms with E-state index in [2.05, 4.69) is 20.5 Å². The van der Waals surface area contributed by atoms with E-state index in [0.717, 1.165) is 22.0 Å². The summed E-state index contributed by atoms with van der Waals surface area (Å²) in [6.07, 6.45) is 1.70. The van der Waals surface area contributed by atoms with E-state index in [0.29, 0.717) is 5.75 Å². The Hall–Kier alpha value is -2.54. The third-order valence-electron chi connectivity index (χ3n) is 3.95. The van der Waals surface area contributed by atoms with Crippen LogP contribution in [0, 0.1) is 11.7 Å². The van der Waals surface area contributed by atoms with Crippen LogP contribution >= 0.6 is 11.8 Å². The van der Waals surface area contributed by atoms with Crippen molar-refractivity contribution in [2.24, 2.45) is 16.0 Å². The van der Waals surface area contributed by atoms with Crippen LogP contribution in [-0.2, 0) is 4.79 Å². The second kappa shape index (κ2) is 6.16. The zero-order chi connectivity index (χ0) is 16.5. The van der Waals surface area contributed by atoms with E-state index in [1.165, 1.54) is 23.9 Å². The first kappa shape index (κ1) is 15.0. The minimum Gasteiger partial charge on any atom is -0.301 e. The Balaban J connectivity index is 1.75. The number of amides is 1. The van der Waals surface area contributed by atoms with Gasteiger partial charge in [0, 0.05) is 6.20 Å². The predicted molar refractivity (Wildman–Crippen MR) is 91.4 cm³/mol. The molecule has 7 heteroatoms. The van der Waals surface area contributed by atoms with E-state index in [1.807, 2.05) is 18.2 Å². The van der Waals surface area contributed by atoms with Gasteiger partial charge in [0.25, 0.3) is 5.91 Å². The number of carbonyl (C=O) groups is 1. The van der Waals surface area contributed by atoms with Crippen molar-refractivity contribution < 1.29 is 9.18 Å². The Morgan fingerprint density at radius 3 is 2.67 bits per heavy atom. The molecule has 2 aliphatic heterocycles. The first-order valence-corrected chi connectivity index (χ1v) is 8.45. The molecule has 4 rings (SSSR count). The molecule has 1 aromatic heterocycles. The number of hydrazone groups is 1. The molecule has 0 spiro atoms. The zero-order valence-electron chi connectivity index (χ0n) is 12.5. The van der Waals surface area contributed by atoms with Crippen molar-refractivity contribution in [3.05, 3.63) is 65.7 Å². The first-order chi connectivity index (χ1) is 11.7. The highest BCUT2D eigenvalue weighted by atomic mass is 32.2. The van der Waals surface area contributed by atoms with Crippen LogP contribution in [0.4, 0.5) is 4.39 Å². The van der Waals surface area contributed by atoms with Crippen LogP contribution in [0.15, 0.2) is 58.8 Å². The highest BCUT2D eigenvalue weighted by molar-refractivity contribution is 8.15. The number of hydrogen-bond acceptors (Lipinski definition) is 5. The van der Waals surface area contributed by atoms with E-state index in [-0.39, 0.29) is 23.7 Å². The van der Waals surface area contributed by atoms with Crippen molar-refractivity contribution in [2.45, 2.75) is 6.04 Å². The van der Waals surface area contributed by atoms with Crippen molar-refractivity contribution in [2.75, 3.05) is 5.75 Å². The van der Waals surface area contributed by atoms with Gasteiger partial charge in [0.2, 0.25) is 0 Å². The highest BCUT2D eigenvalue weighted by Gasteiger charge is 2.40. The number of thioether (sulfide) groups is 1. The Labute approximate surface area is 142 Å². The number of benzene rings is 1. The lowest BCUT2D eigenvalue weighted by Gasteiger charge is -2.20. The summed E-state index contributed by atoms with van der Waals surface area (Å²) < 4.78 is 13.2. The van der Waals surface area contributed by atoms with E-state index in [4.69, 9.17) is 0 Å². The average molecular weight is 340 g/mol. The summed E-state index contributed by atoms with van der Waals surface area (Å²) in [5.74, 6) is -0.304. The molecule has 2 unspecified atom stereocenters. The minimum absolute atomic E-state index is 0.139. The molecule has 0 saturated heterocycles. The Morgan fingerprint density at radius 1 is 1.17 bits per heavy atom. The Bertz CT molecular complexity index is 835. The van der Waals surface area contributed by atoms with Crippen LogP contribution in [0.5, 0.6) is 0 Å². The number of nitrogens with zero attached hydrogens (tertiary/aromatic N) is 3. The summed E-state index contributed by atoms with van der Waals surface area (Å²) in [6.45, 7) is 0. The van der Waals surface area contributed by atoms with Gasteiger partial charge in [-0.2, -0.15) is 5.10 Å². The number of hydrogen-bond donors (Lipinski definition) is 1. The van der Waals surface area contributed by atoms with Crippen LogP contribution in [0.2, 0.25) is 0 Å². The topological polar surface area (TPSA) is 66.7 Å². The fourth-order valence-corrected chi connectivity index (χ4v) is 3.78. The number of pyridine rings is 1. The molecular formula is C17H13FN4OS. The smallest absolute Gasteiger partial charge is 0.256 e. The maximum Gasteiger partial charge on any atom is 0.256 e. The van der Waals surface area contributed by atoms with Gasteiger partial charge >= 0.3 is 0 Å². The van der Waals surface area contributed by atoms with Gasteiger partial charge in [0.15, 0.2) is 0 Å². The SMILES string of the molecule is O=C1CSC(C2C(c3ccccn3)=NNC2c2ccc(F)cc2)=N1. The van der Waals surface area contributed by atoms with Gasteiger partial charge in [0.05, 0.1) is 34.2 Å². The monoisotopic (exact) mass is 340 g/mol. The maximum absolute atomic E-state index is 13.2. The molecule has 1 amide bonds. The van der Waals surface area contributed by atoms with E-state index < -0.39 is 0 Å². The average Bonchev–Trinajstić information content (AvgIpc) is 3.22. The quantitative estimate of drug-likeness (QED) is 0.932. The molecule has 2 atom stereocenters. The lowest BCUT2D eigenvalue weighted by Crippen LogP contribution is -2.28. The van der Waals surface area contributed by atoms with Crippen molar-refractivity contribution >= 4 is 28.4 Å². The van der Waals surface area contributed by atoms with E-state index in [1.54, 1.807) is 18.3 Å². The number of aromatic nitrogens is 1. The second-order valence-corrected chi connectivity index (χ2v) is 6.48. The number of halogens is 1. The van der Waals surface area contributed by atoms with Crippen molar-refractivity contribution in [3.8, 4) is 0 Å². The molecule has 2 aliphatic rings. The van der Waals surface area contributed by atoms with Gasteiger partial charge in [-0.15, -0.1) is 0 Å². The summed E-state index contributed by atoms with van der Waals surface area (Å²) in [4.78, 5) is 20.1. The van der Waals surface area contributed by atoms with Crippen molar-refractivity contribution in [1.82, 2.24) is 10.4 Å². The number of carbonyl (C=O) groups excluding carboxylic acids is 1. The molecule has 0 fully saturated rings. The van der Waals surface area contributed by atoms with Crippen LogP contribution in [0.25, 0.3) is 0 Å². The van der Waals surface area contributed by atoms with E-state index >= 15 is 0 Å². The Kier molecular flexibility index (Phi) is 3.86. The normalized spacial score (nSPS) is 23.0. The highest BCUT2D eigenvalue weighted by Crippen LogP contribution is 2.36. The fourth-order valence-electron chi connectivity index (χ4n) is 2.85. The summed E-state index contributed by atoms with van der Waals surface area (Å²) in [7, 11) is 0. The zero-order valence-corrected chi connectivity index (χ0v) is 13.3. The number of rotatable bonds is 3.